The van der Waals surface area contributed by atoms with E-state index in [1.165, 1.54) is 13.2 Å². The Bertz CT molecular complexity index is 946. The van der Waals surface area contributed by atoms with Crippen LogP contribution in [0.15, 0.2) is 57.4 Å². The van der Waals surface area contributed by atoms with E-state index >= 15 is 0 Å². The highest BCUT2D eigenvalue weighted by Crippen LogP contribution is 2.29. The van der Waals surface area contributed by atoms with Crippen molar-refractivity contribution in [3.8, 4) is 11.5 Å². The van der Waals surface area contributed by atoms with E-state index in [9.17, 15) is 4.79 Å². The largest absolute Gasteiger partial charge is 0.497 e. The fourth-order valence-electron chi connectivity index (χ4n) is 2.35. The highest BCUT2D eigenvalue weighted by atomic mass is 79.9. The first kappa shape index (κ1) is 17.1. The fraction of sp³-hybridized carbons (Fsp3) is 0.105. The molecule has 0 radical (unpaired) electrons. The molecule has 0 saturated carbocycles. The molecule has 3 rings (SSSR count). The Morgan fingerprint density at radius 1 is 1.12 bits per heavy atom. The van der Waals surface area contributed by atoms with Crippen LogP contribution in [0.4, 0.5) is 5.69 Å². The van der Waals surface area contributed by atoms with Crippen molar-refractivity contribution >= 4 is 44.6 Å². The van der Waals surface area contributed by atoms with Gasteiger partial charge in [0, 0.05) is 22.0 Å². The van der Waals surface area contributed by atoms with E-state index in [1.807, 2.05) is 24.3 Å². The average molecular weight is 402 g/mol. The molecule has 0 aliphatic heterocycles. The third kappa shape index (κ3) is 4.03. The number of carbonyl (C=O) groups is 1. The summed E-state index contributed by atoms with van der Waals surface area (Å²) in [7, 11) is 3.11. The van der Waals surface area contributed by atoms with Crippen LogP contribution in [0, 0.1) is 0 Å². The first-order valence-corrected chi connectivity index (χ1v) is 8.28. The molecule has 25 heavy (non-hydrogen) atoms. The molecule has 0 fully saturated rings. The molecule has 0 saturated heterocycles. The summed E-state index contributed by atoms with van der Waals surface area (Å²) in [5, 5.41) is 3.73. The summed E-state index contributed by atoms with van der Waals surface area (Å²) >= 11 is 3.42. The number of rotatable bonds is 5. The number of amides is 1. The van der Waals surface area contributed by atoms with Crippen LogP contribution in [0.2, 0.25) is 0 Å². The summed E-state index contributed by atoms with van der Waals surface area (Å²) in [4.78, 5) is 12.1. The van der Waals surface area contributed by atoms with Crippen LogP contribution in [-0.4, -0.2) is 20.1 Å². The van der Waals surface area contributed by atoms with E-state index in [-0.39, 0.29) is 5.91 Å². The Kier molecular flexibility index (Phi) is 5.09. The van der Waals surface area contributed by atoms with E-state index in [2.05, 4.69) is 21.2 Å². The lowest BCUT2D eigenvalue weighted by Crippen LogP contribution is -2.08. The molecule has 0 spiro atoms. The molecule has 128 valence electrons. The van der Waals surface area contributed by atoms with Crippen LogP contribution in [0.5, 0.6) is 11.5 Å². The van der Waals surface area contributed by atoms with Gasteiger partial charge in [0.15, 0.2) is 0 Å². The molecule has 5 nitrogen and oxygen atoms in total. The van der Waals surface area contributed by atoms with E-state index in [0.717, 1.165) is 15.4 Å². The molecule has 0 bridgehead atoms. The molecule has 1 aromatic heterocycles. The van der Waals surface area contributed by atoms with Gasteiger partial charge in [-0.2, -0.15) is 0 Å². The van der Waals surface area contributed by atoms with Crippen molar-refractivity contribution < 1.29 is 18.7 Å². The van der Waals surface area contributed by atoms with Crippen LogP contribution >= 0.6 is 15.9 Å². The van der Waals surface area contributed by atoms with Gasteiger partial charge < -0.3 is 19.2 Å². The number of furan rings is 1. The van der Waals surface area contributed by atoms with Gasteiger partial charge in [-0.25, -0.2) is 0 Å². The van der Waals surface area contributed by atoms with Crippen LogP contribution in [0.3, 0.4) is 0 Å². The van der Waals surface area contributed by atoms with Gasteiger partial charge in [0.25, 0.3) is 0 Å². The number of carbonyl (C=O) groups excluding carboxylic acids is 1. The highest BCUT2D eigenvalue weighted by molar-refractivity contribution is 9.10. The molecule has 6 heteroatoms. The SMILES string of the molecule is COc1ccc(NC(=O)C=Cc2cc3cc(Br)ccc3o2)c(OC)c1. The van der Waals surface area contributed by atoms with E-state index < -0.39 is 0 Å². The van der Waals surface area contributed by atoms with Crippen molar-refractivity contribution in [3.63, 3.8) is 0 Å². The number of hydrogen-bond donors (Lipinski definition) is 1. The van der Waals surface area contributed by atoms with Crippen LogP contribution < -0.4 is 14.8 Å². The fourth-order valence-corrected chi connectivity index (χ4v) is 2.73. The summed E-state index contributed by atoms with van der Waals surface area (Å²) in [6.07, 6.45) is 3.04. The molecule has 0 atom stereocenters. The molecule has 0 aliphatic rings. The maximum atomic E-state index is 12.1. The maximum Gasteiger partial charge on any atom is 0.248 e. The van der Waals surface area contributed by atoms with Crippen molar-refractivity contribution in [3.05, 3.63) is 58.8 Å². The smallest absolute Gasteiger partial charge is 0.248 e. The van der Waals surface area contributed by atoms with E-state index in [0.29, 0.717) is 22.9 Å². The number of nitrogens with one attached hydrogen (secondary N) is 1. The van der Waals surface area contributed by atoms with E-state index in [4.69, 9.17) is 13.9 Å². The number of methoxy groups -OCH3 is 2. The monoisotopic (exact) mass is 401 g/mol. The summed E-state index contributed by atoms with van der Waals surface area (Å²) in [6.45, 7) is 0. The molecule has 1 N–H and O–H groups in total. The van der Waals surface area contributed by atoms with Crippen molar-refractivity contribution in [1.29, 1.82) is 0 Å². The van der Waals surface area contributed by atoms with Crippen molar-refractivity contribution in [1.82, 2.24) is 0 Å². The predicted octanol–water partition coefficient (Wildman–Crippen LogP) is 4.86. The molecule has 1 amide bonds. The molecular formula is C19H16BrNO4. The van der Waals surface area contributed by atoms with Gasteiger partial charge in [-0.3, -0.25) is 4.79 Å². The summed E-state index contributed by atoms with van der Waals surface area (Å²) in [5.41, 5.74) is 1.33. The molecule has 0 unspecified atom stereocenters. The Balaban J connectivity index is 1.74. The number of fused-ring (bicyclic) bond motifs is 1. The second kappa shape index (κ2) is 7.44. The molecule has 1 heterocycles. The minimum Gasteiger partial charge on any atom is -0.497 e. The number of ether oxygens (including phenoxy) is 2. The lowest BCUT2D eigenvalue weighted by Gasteiger charge is -2.10. The zero-order chi connectivity index (χ0) is 17.8. The van der Waals surface area contributed by atoms with E-state index in [1.54, 1.807) is 31.4 Å². The highest BCUT2D eigenvalue weighted by Gasteiger charge is 2.08. The lowest BCUT2D eigenvalue weighted by atomic mass is 10.2. The predicted molar refractivity (Wildman–Crippen MR) is 101 cm³/mol. The minimum atomic E-state index is -0.287. The Morgan fingerprint density at radius 2 is 1.96 bits per heavy atom. The number of anilines is 1. The second-order valence-corrected chi connectivity index (χ2v) is 6.14. The molecule has 0 aliphatic carbocycles. The topological polar surface area (TPSA) is 60.7 Å². The van der Waals surface area contributed by atoms with Gasteiger partial charge in [-0.05, 0) is 42.5 Å². The quantitative estimate of drug-likeness (QED) is 0.619. The summed E-state index contributed by atoms with van der Waals surface area (Å²) < 4.78 is 17.0. The normalized spacial score (nSPS) is 11.0. The zero-order valence-electron chi connectivity index (χ0n) is 13.7. The molecule has 2 aromatic carbocycles. The number of benzene rings is 2. The maximum absolute atomic E-state index is 12.1. The van der Waals surface area contributed by atoms with Gasteiger partial charge in [0.2, 0.25) is 5.91 Å². The summed E-state index contributed by atoms with van der Waals surface area (Å²) in [5.74, 6) is 1.49. The average Bonchev–Trinajstić information content (AvgIpc) is 3.02. The van der Waals surface area contributed by atoms with Crippen molar-refractivity contribution in [2.45, 2.75) is 0 Å². The van der Waals surface area contributed by atoms with Gasteiger partial charge in [-0.1, -0.05) is 15.9 Å². The van der Waals surface area contributed by atoms with Crippen LogP contribution in [0.1, 0.15) is 5.76 Å². The van der Waals surface area contributed by atoms with Gasteiger partial charge >= 0.3 is 0 Å². The number of halogens is 1. The lowest BCUT2D eigenvalue weighted by molar-refractivity contribution is -0.111. The summed E-state index contributed by atoms with van der Waals surface area (Å²) in [6, 6.07) is 12.8. The Morgan fingerprint density at radius 3 is 2.72 bits per heavy atom. The standard InChI is InChI=1S/C19H16BrNO4/c1-23-14-4-6-16(18(11-14)24-2)21-19(22)8-5-15-10-12-9-13(20)3-7-17(12)25-15/h3-11H,1-2H3,(H,21,22). The van der Waals surface area contributed by atoms with Gasteiger partial charge in [0.1, 0.15) is 22.8 Å². The van der Waals surface area contributed by atoms with Crippen molar-refractivity contribution in [2.75, 3.05) is 19.5 Å². The first-order valence-electron chi connectivity index (χ1n) is 7.49. The third-order valence-electron chi connectivity index (χ3n) is 3.56. The van der Waals surface area contributed by atoms with Crippen LogP contribution in [-0.2, 0) is 4.79 Å². The van der Waals surface area contributed by atoms with Gasteiger partial charge in [-0.15, -0.1) is 0 Å². The first-order chi connectivity index (χ1) is 12.1. The molecule has 3 aromatic rings. The Labute approximate surface area is 153 Å². The van der Waals surface area contributed by atoms with Crippen molar-refractivity contribution in [2.24, 2.45) is 0 Å². The zero-order valence-corrected chi connectivity index (χ0v) is 15.3. The minimum absolute atomic E-state index is 0.287. The van der Waals surface area contributed by atoms with Crippen LogP contribution in [0.25, 0.3) is 17.0 Å². The third-order valence-corrected chi connectivity index (χ3v) is 4.06. The second-order valence-electron chi connectivity index (χ2n) is 5.22. The number of hydrogen-bond acceptors (Lipinski definition) is 4. The molecular weight excluding hydrogens is 386 g/mol. The Hall–Kier alpha value is -2.73. The van der Waals surface area contributed by atoms with Gasteiger partial charge in [0.05, 0.1) is 19.9 Å².